The molecule has 0 aliphatic carbocycles. The Morgan fingerprint density at radius 1 is 1.05 bits per heavy atom. The first-order chi connectivity index (χ1) is 9.56. The van der Waals surface area contributed by atoms with Crippen LogP contribution < -0.4 is 0 Å². The molecule has 2 aromatic carbocycles. The van der Waals surface area contributed by atoms with Gasteiger partial charge in [-0.05, 0) is 23.3 Å². The maximum atomic E-state index is 10.6. The molecule has 2 aromatic rings. The van der Waals surface area contributed by atoms with E-state index in [0.29, 0.717) is 10.0 Å². The molecule has 0 heterocycles. The van der Waals surface area contributed by atoms with Gasteiger partial charge in [0.25, 0.3) is 0 Å². The Morgan fingerprint density at radius 3 is 2.35 bits per heavy atom. The fraction of sp³-hybridized carbons (Fsp3) is 0.133. The summed E-state index contributed by atoms with van der Waals surface area (Å²) in [5, 5.41) is 9.83. The van der Waals surface area contributed by atoms with Gasteiger partial charge in [0.2, 0.25) is 0 Å². The molecule has 5 heteroatoms. The molecular weight excluding hydrogens is 315 g/mol. The molecule has 0 saturated carbocycles. The molecule has 0 unspecified atom stereocenters. The highest BCUT2D eigenvalue weighted by molar-refractivity contribution is 7.98. The van der Waals surface area contributed by atoms with Crippen LogP contribution in [0.15, 0.2) is 47.4 Å². The van der Waals surface area contributed by atoms with E-state index in [9.17, 15) is 4.79 Å². The minimum atomic E-state index is -0.821. The summed E-state index contributed by atoms with van der Waals surface area (Å²) in [7, 11) is 0. The van der Waals surface area contributed by atoms with Crippen molar-refractivity contribution in [3.8, 4) is 0 Å². The first-order valence-electron chi connectivity index (χ1n) is 5.92. The van der Waals surface area contributed by atoms with Crippen LogP contribution in [0, 0.1) is 0 Å². The van der Waals surface area contributed by atoms with E-state index in [1.807, 2.05) is 36.4 Å². The lowest BCUT2D eigenvalue weighted by molar-refractivity contribution is -0.136. The summed E-state index contributed by atoms with van der Waals surface area (Å²) in [5.41, 5.74) is 1.91. The second-order valence-electron chi connectivity index (χ2n) is 4.23. The number of rotatable bonds is 5. The van der Waals surface area contributed by atoms with Crippen LogP contribution in [0.25, 0.3) is 0 Å². The Hall–Kier alpha value is -1.16. The van der Waals surface area contributed by atoms with Gasteiger partial charge >= 0.3 is 5.97 Å². The highest BCUT2D eigenvalue weighted by Crippen LogP contribution is 2.34. The van der Waals surface area contributed by atoms with Gasteiger partial charge in [-0.25, -0.2) is 0 Å². The Morgan fingerprint density at radius 2 is 1.70 bits per heavy atom. The summed E-state index contributed by atoms with van der Waals surface area (Å²) in [5.74, 6) is -0.0641. The number of thioether (sulfide) groups is 1. The van der Waals surface area contributed by atoms with Crippen LogP contribution in [0.2, 0.25) is 10.0 Å². The smallest absolute Gasteiger partial charge is 0.307 e. The molecule has 0 spiro atoms. The van der Waals surface area contributed by atoms with Gasteiger partial charge in [0.1, 0.15) is 0 Å². The van der Waals surface area contributed by atoms with E-state index >= 15 is 0 Å². The molecule has 0 aromatic heterocycles. The van der Waals surface area contributed by atoms with E-state index in [-0.39, 0.29) is 6.42 Å². The summed E-state index contributed by atoms with van der Waals surface area (Å²) in [6, 6.07) is 13.1. The first kappa shape index (κ1) is 15.2. The molecule has 0 aliphatic heterocycles. The maximum Gasteiger partial charge on any atom is 0.307 e. The van der Waals surface area contributed by atoms with Crippen LogP contribution in [0.3, 0.4) is 0 Å². The van der Waals surface area contributed by atoms with Crippen LogP contribution in [-0.4, -0.2) is 11.1 Å². The molecule has 2 nitrogen and oxygen atoms in total. The fourth-order valence-corrected chi connectivity index (χ4v) is 3.13. The van der Waals surface area contributed by atoms with Crippen LogP contribution in [0.5, 0.6) is 0 Å². The van der Waals surface area contributed by atoms with Crippen molar-refractivity contribution < 1.29 is 9.90 Å². The molecule has 0 aliphatic rings. The standard InChI is InChI=1S/C15H12Cl2O2S/c16-12-2-1-3-13(15(12)17)20-9-11-6-4-10(5-7-11)8-14(18)19/h1-7H,8-9H2,(H,18,19). The number of carbonyl (C=O) groups is 1. The molecule has 0 saturated heterocycles. The molecule has 20 heavy (non-hydrogen) atoms. The lowest BCUT2D eigenvalue weighted by Gasteiger charge is -2.06. The topological polar surface area (TPSA) is 37.3 Å². The van der Waals surface area contributed by atoms with Gasteiger partial charge < -0.3 is 5.11 Å². The number of hydrogen-bond acceptors (Lipinski definition) is 2. The van der Waals surface area contributed by atoms with E-state index in [2.05, 4.69) is 0 Å². The predicted octanol–water partition coefficient (Wildman–Crippen LogP) is 4.91. The minimum Gasteiger partial charge on any atom is -0.481 e. The number of hydrogen-bond donors (Lipinski definition) is 1. The van der Waals surface area contributed by atoms with Crippen molar-refractivity contribution in [1.82, 2.24) is 0 Å². The van der Waals surface area contributed by atoms with Gasteiger partial charge in [-0.1, -0.05) is 53.5 Å². The maximum absolute atomic E-state index is 10.6. The summed E-state index contributed by atoms with van der Waals surface area (Å²) >= 11 is 13.7. The highest BCUT2D eigenvalue weighted by atomic mass is 35.5. The van der Waals surface area contributed by atoms with E-state index in [1.165, 1.54) is 0 Å². The summed E-state index contributed by atoms with van der Waals surface area (Å²) in [4.78, 5) is 11.5. The van der Waals surface area contributed by atoms with Crippen molar-refractivity contribution in [2.45, 2.75) is 17.1 Å². The van der Waals surface area contributed by atoms with E-state index in [1.54, 1.807) is 17.8 Å². The van der Waals surface area contributed by atoms with Gasteiger partial charge in [0.05, 0.1) is 16.5 Å². The van der Waals surface area contributed by atoms with Gasteiger partial charge in [0, 0.05) is 10.6 Å². The van der Waals surface area contributed by atoms with E-state index < -0.39 is 5.97 Å². The largest absolute Gasteiger partial charge is 0.481 e. The fourth-order valence-electron chi connectivity index (χ4n) is 1.68. The molecule has 0 bridgehead atoms. The molecule has 1 N–H and O–H groups in total. The second-order valence-corrected chi connectivity index (χ2v) is 6.03. The molecule has 0 fully saturated rings. The minimum absolute atomic E-state index is 0.0492. The number of aliphatic carboxylic acids is 1. The summed E-state index contributed by atoms with van der Waals surface area (Å²) in [6.45, 7) is 0. The van der Waals surface area contributed by atoms with Crippen molar-refractivity contribution in [3.63, 3.8) is 0 Å². The normalized spacial score (nSPS) is 10.5. The van der Waals surface area contributed by atoms with Gasteiger partial charge in [-0.2, -0.15) is 0 Å². The third-order valence-electron chi connectivity index (χ3n) is 2.69. The number of halogens is 2. The van der Waals surface area contributed by atoms with Gasteiger partial charge in [-0.15, -0.1) is 11.8 Å². The van der Waals surface area contributed by atoms with Crippen molar-refractivity contribution in [2.24, 2.45) is 0 Å². The Labute approximate surface area is 131 Å². The average molecular weight is 327 g/mol. The Bertz CT molecular complexity index is 612. The SMILES string of the molecule is O=C(O)Cc1ccc(CSc2cccc(Cl)c2Cl)cc1. The predicted molar refractivity (Wildman–Crippen MR) is 83.8 cm³/mol. The van der Waals surface area contributed by atoms with Crippen molar-refractivity contribution >= 4 is 40.9 Å². The number of carboxylic acid groups (broad SMARTS) is 1. The summed E-state index contributed by atoms with van der Waals surface area (Å²) < 4.78 is 0. The van der Waals surface area contributed by atoms with E-state index in [4.69, 9.17) is 28.3 Å². The molecular formula is C15H12Cl2O2S. The van der Waals surface area contributed by atoms with Gasteiger partial charge in [-0.3, -0.25) is 4.79 Å². The molecule has 104 valence electrons. The van der Waals surface area contributed by atoms with Gasteiger partial charge in [0.15, 0.2) is 0 Å². The van der Waals surface area contributed by atoms with Crippen molar-refractivity contribution in [2.75, 3.05) is 0 Å². The van der Waals surface area contributed by atoms with E-state index in [0.717, 1.165) is 21.8 Å². The molecule has 0 radical (unpaired) electrons. The lowest BCUT2D eigenvalue weighted by Crippen LogP contribution is -1.99. The first-order valence-corrected chi connectivity index (χ1v) is 7.67. The van der Waals surface area contributed by atoms with Crippen LogP contribution in [0.1, 0.15) is 11.1 Å². The molecule has 2 rings (SSSR count). The Kier molecular flexibility index (Phi) is 5.35. The quantitative estimate of drug-likeness (QED) is 0.793. The van der Waals surface area contributed by atoms with Crippen molar-refractivity contribution in [3.05, 3.63) is 63.6 Å². The molecule has 0 atom stereocenters. The highest BCUT2D eigenvalue weighted by Gasteiger charge is 2.05. The monoisotopic (exact) mass is 326 g/mol. The van der Waals surface area contributed by atoms with Crippen molar-refractivity contribution in [1.29, 1.82) is 0 Å². The van der Waals surface area contributed by atoms with Crippen LogP contribution in [0.4, 0.5) is 0 Å². The third-order valence-corrected chi connectivity index (χ3v) is 4.75. The average Bonchev–Trinajstić information content (AvgIpc) is 2.41. The third kappa shape index (κ3) is 4.17. The lowest BCUT2D eigenvalue weighted by atomic mass is 10.1. The zero-order valence-electron chi connectivity index (χ0n) is 10.5. The molecule has 0 amide bonds. The Balaban J connectivity index is 2.00. The van der Waals surface area contributed by atoms with Crippen LogP contribution >= 0.6 is 35.0 Å². The zero-order valence-corrected chi connectivity index (χ0v) is 12.8. The van der Waals surface area contributed by atoms with Crippen LogP contribution in [-0.2, 0) is 17.0 Å². The second kappa shape index (κ2) is 7.02. The number of benzene rings is 2. The number of carboxylic acids is 1. The zero-order chi connectivity index (χ0) is 14.5. The summed E-state index contributed by atoms with van der Waals surface area (Å²) in [6.07, 6.45) is 0.0492.